The van der Waals surface area contributed by atoms with E-state index in [-0.39, 0.29) is 11.6 Å². The molecule has 4 nitrogen and oxygen atoms in total. The van der Waals surface area contributed by atoms with Gasteiger partial charge in [-0.25, -0.2) is 9.07 Å². The highest BCUT2D eigenvalue weighted by atomic mass is 19.1. The first-order valence-corrected chi connectivity index (χ1v) is 7.20. The van der Waals surface area contributed by atoms with Gasteiger partial charge in [0, 0.05) is 13.6 Å². The van der Waals surface area contributed by atoms with Crippen LogP contribution in [-0.2, 0) is 13.6 Å². The van der Waals surface area contributed by atoms with Crippen molar-refractivity contribution in [3.05, 3.63) is 40.8 Å². The molecule has 0 amide bonds. The van der Waals surface area contributed by atoms with Crippen LogP contribution in [-0.4, -0.2) is 16.3 Å². The maximum absolute atomic E-state index is 13.9. The van der Waals surface area contributed by atoms with Gasteiger partial charge < -0.3 is 10.1 Å². The summed E-state index contributed by atoms with van der Waals surface area (Å²) in [6, 6.07) is 4.84. The van der Waals surface area contributed by atoms with Gasteiger partial charge in [-0.2, -0.15) is 5.10 Å². The monoisotopic (exact) mass is 291 g/mol. The van der Waals surface area contributed by atoms with E-state index in [1.165, 1.54) is 6.07 Å². The number of hydrogen-bond donors (Lipinski definition) is 1. The predicted molar refractivity (Wildman–Crippen MR) is 81.2 cm³/mol. The summed E-state index contributed by atoms with van der Waals surface area (Å²) < 4.78 is 21.3. The van der Waals surface area contributed by atoms with Gasteiger partial charge in [0.15, 0.2) is 11.6 Å². The number of ether oxygens (including phenoxy) is 1. The van der Waals surface area contributed by atoms with Crippen molar-refractivity contribution in [2.45, 2.75) is 33.7 Å². The van der Waals surface area contributed by atoms with E-state index in [9.17, 15) is 4.39 Å². The fourth-order valence-corrected chi connectivity index (χ4v) is 2.20. The van der Waals surface area contributed by atoms with Gasteiger partial charge in [0.25, 0.3) is 0 Å². The number of rotatable bonds is 6. The molecule has 0 unspecified atom stereocenters. The molecule has 1 aromatic heterocycles. The lowest BCUT2D eigenvalue weighted by Crippen LogP contribution is -2.14. The first kappa shape index (κ1) is 15.5. The summed E-state index contributed by atoms with van der Waals surface area (Å²) in [4.78, 5) is 0. The Balaban J connectivity index is 2.28. The third kappa shape index (κ3) is 3.61. The number of halogens is 1. The van der Waals surface area contributed by atoms with Crippen molar-refractivity contribution in [2.24, 2.45) is 7.05 Å². The van der Waals surface area contributed by atoms with E-state index in [4.69, 9.17) is 4.74 Å². The van der Waals surface area contributed by atoms with Crippen molar-refractivity contribution >= 4 is 0 Å². The highest BCUT2D eigenvalue weighted by molar-refractivity contribution is 5.37. The summed E-state index contributed by atoms with van der Waals surface area (Å²) in [5.74, 6) is 0.447. The highest BCUT2D eigenvalue weighted by Gasteiger charge is 2.16. The Hall–Kier alpha value is -1.88. The molecule has 2 rings (SSSR count). The van der Waals surface area contributed by atoms with Crippen molar-refractivity contribution in [2.75, 3.05) is 6.54 Å². The van der Waals surface area contributed by atoms with Gasteiger partial charge >= 0.3 is 0 Å². The van der Waals surface area contributed by atoms with E-state index >= 15 is 0 Å². The SMILES string of the molecule is CCCNCc1c(C)nn(C)c1Oc1cc(C)ccc1F. The minimum Gasteiger partial charge on any atom is -0.436 e. The minimum absolute atomic E-state index is 0.231. The van der Waals surface area contributed by atoms with Crippen molar-refractivity contribution in [1.29, 1.82) is 0 Å². The predicted octanol–water partition coefficient (Wildman–Crippen LogP) is 3.47. The molecule has 1 aromatic carbocycles. The van der Waals surface area contributed by atoms with Gasteiger partial charge in [-0.1, -0.05) is 13.0 Å². The molecule has 0 atom stereocenters. The van der Waals surface area contributed by atoms with Crippen molar-refractivity contribution in [1.82, 2.24) is 15.1 Å². The van der Waals surface area contributed by atoms with E-state index < -0.39 is 0 Å². The summed E-state index contributed by atoms with van der Waals surface area (Å²) in [5.41, 5.74) is 2.81. The molecule has 21 heavy (non-hydrogen) atoms. The summed E-state index contributed by atoms with van der Waals surface area (Å²) in [6.45, 7) is 7.54. The molecule has 5 heteroatoms. The smallest absolute Gasteiger partial charge is 0.222 e. The normalized spacial score (nSPS) is 10.9. The van der Waals surface area contributed by atoms with Gasteiger partial charge in [-0.3, -0.25) is 0 Å². The lowest BCUT2D eigenvalue weighted by Gasteiger charge is -2.11. The van der Waals surface area contributed by atoms with Crippen molar-refractivity contribution in [3.63, 3.8) is 0 Å². The average molecular weight is 291 g/mol. The summed E-state index contributed by atoms with van der Waals surface area (Å²) >= 11 is 0. The van der Waals surface area contributed by atoms with Crippen LogP contribution in [0.5, 0.6) is 11.6 Å². The molecule has 0 saturated carbocycles. The fraction of sp³-hybridized carbons (Fsp3) is 0.438. The van der Waals surface area contributed by atoms with Crippen LogP contribution in [0.4, 0.5) is 4.39 Å². The maximum Gasteiger partial charge on any atom is 0.222 e. The Labute approximate surface area is 124 Å². The summed E-state index contributed by atoms with van der Waals surface area (Å²) in [5, 5.41) is 7.70. The first-order chi connectivity index (χ1) is 10.0. The van der Waals surface area contributed by atoms with Crippen molar-refractivity contribution < 1.29 is 9.13 Å². The number of nitrogens with one attached hydrogen (secondary N) is 1. The minimum atomic E-state index is -0.369. The average Bonchev–Trinajstić information content (AvgIpc) is 2.70. The van der Waals surface area contributed by atoms with Crippen LogP contribution in [0.25, 0.3) is 0 Å². The third-order valence-electron chi connectivity index (χ3n) is 3.31. The Bertz CT molecular complexity index is 622. The second-order valence-electron chi connectivity index (χ2n) is 5.21. The van der Waals surface area contributed by atoms with Crippen LogP contribution >= 0.6 is 0 Å². The lowest BCUT2D eigenvalue weighted by molar-refractivity contribution is 0.398. The maximum atomic E-state index is 13.9. The topological polar surface area (TPSA) is 39.1 Å². The Morgan fingerprint density at radius 1 is 1.33 bits per heavy atom. The van der Waals surface area contributed by atoms with Gasteiger partial charge in [0.1, 0.15) is 0 Å². The van der Waals surface area contributed by atoms with Crippen molar-refractivity contribution in [3.8, 4) is 11.6 Å². The van der Waals surface area contributed by atoms with E-state index in [0.717, 1.165) is 29.8 Å². The van der Waals surface area contributed by atoms with E-state index in [1.54, 1.807) is 23.9 Å². The summed E-state index contributed by atoms with van der Waals surface area (Å²) in [6.07, 6.45) is 1.06. The molecule has 0 spiro atoms. The molecule has 114 valence electrons. The first-order valence-electron chi connectivity index (χ1n) is 7.20. The Morgan fingerprint density at radius 3 is 2.81 bits per heavy atom. The molecular weight excluding hydrogens is 269 g/mol. The van der Waals surface area contributed by atoms with Gasteiger partial charge in [0.05, 0.1) is 11.3 Å². The number of hydrogen-bond acceptors (Lipinski definition) is 3. The van der Waals surface area contributed by atoms with E-state index in [1.807, 2.05) is 13.8 Å². The van der Waals surface area contributed by atoms with Crippen LogP contribution < -0.4 is 10.1 Å². The van der Waals surface area contributed by atoms with Crippen LogP contribution in [0.3, 0.4) is 0 Å². The molecule has 0 aliphatic heterocycles. The Morgan fingerprint density at radius 2 is 2.10 bits per heavy atom. The molecule has 0 bridgehead atoms. The van der Waals surface area contributed by atoms with Gasteiger partial charge in [0.2, 0.25) is 5.88 Å². The highest BCUT2D eigenvalue weighted by Crippen LogP contribution is 2.29. The zero-order valence-corrected chi connectivity index (χ0v) is 13.0. The molecule has 0 aliphatic rings. The second-order valence-corrected chi connectivity index (χ2v) is 5.21. The lowest BCUT2D eigenvalue weighted by atomic mass is 10.2. The molecule has 0 radical (unpaired) electrons. The molecule has 0 saturated heterocycles. The fourth-order valence-electron chi connectivity index (χ4n) is 2.20. The van der Waals surface area contributed by atoms with Gasteiger partial charge in [-0.05, 0) is 44.5 Å². The number of benzene rings is 1. The number of aromatic nitrogens is 2. The molecule has 1 heterocycles. The quantitative estimate of drug-likeness (QED) is 0.828. The summed E-state index contributed by atoms with van der Waals surface area (Å²) in [7, 11) is 1.80. The largest absolute Gasteiger partial charge is 0.436 e. The van der Waals surface area contributed by atoms with Crippen LogP contribution in [0.1, 0.15) is 30.2 Å². The second kappa shape index (κ2) is 6.72. The molecule has 1 N–H and O–H groups in total. The molecular formula is C16H22FN3O. The zero-order valence-electron chi connectivity index (χ0n) is 13.0. The van der Waals surface area contributed by atoms with Crippen LogP contribution in [0.15, 0.2) is 18.2 Å². The van der Waals surface area contributed by atoms with Crippen LogP contribution in [0, 0.1) is 19.7 Å². The molecule has 0 aliphatic carbocycles. The molecule has 2 aromatic rings. The van der Waals surface area contributed by atoms with Crippen LogP contribution in [0.2, 0.25) is 0 Å². The number of nitrogens with zero attached hydrogens (tertiary/aromatic N) is 2. The zero-order chi connectivity index (χ0) is 15.4. The third-order valence-corrected chi connectivity index (χ3v) is 3.31. The van der Waals surface area contributed by atoms with E-state index in [0.29, 0.717) is 12.4 Å². The Kier molecular flexibility index (Phi) is 4.96. The standard InChI is InChI=1S/C16H22FN3O/c1-5-8-18-10-13-12(3)19-20(4)16(13)21-15-9-11(2)6-7-14(15)17/h6-7,9,18H,5,8,10H2,1-4H3. The molecule has 0 fully saturated rings. The number of aryl methyl sites for hydroxylation is 3. The van der Waals surface area contributed by atoms with Gasteiger partial charge in [-0.15, -0.1) is 0 Å². The van der Waals surface area contributed by atoms with E-state index in [2.05, 4.69) is 17.3 Å².